The van der Waals surface area contributed by atoms with Crippen LogP contribution in [0, 0.1) is 0 Å². The molecule has 0 fully saturated rings. The van der Waals surface area contributed by atoms with Crippen molar-refractivity contribution in [1.29, 1.82) is 0 Å². The number of aryl methyl sites for hydroxylation is 2. The predicted molar refractivity (Wildman–Crippen MR) is 92.1 cm³/mol. The summed E-state index contributed by atoms with van der Waals surface area (Å²) < 4.78 is 5.24. The molecule has 0 radical (unpaired) electrons. The number of hydrogen-bond acceptors (Lipinski definition) is 3. The number of nitrogens with one attached hydrogen (secondary N) is 1. The van der Waals surface area contributed by atoms with Crippen LogP contribution < -0.4 is 15.2 Å². The Morgan fingerprint density at radius 2 is 1.96 bits per heavy atom. The lowest BCUT2D eigenvalue weighted by Gasteiger charge is -2.20. The Hall–Kier alpha value is -2.56. The van der Waals surface area contributed by atoms with Crippen molar-refractivity contribution in [2.45, 2.75) is 32.1 Å². The third kappa shape index (κ3) is 2.40. The number of nitrogens with zero attached hydrogens (tertiary/aromatic N) is 1. The van der Waals surface area contributed by atoms with E-state index in [1.165, 1.54) is 0 Å². The van der Waals surface area contributed by atoms with Crippen molar-refractivity contribution in [3.8, 4) is 5.75 Å². The molecule has 1 aromatic carbocycles. The van der Waals surface area contributed by atoms with Crippen LogP contribution >= 0.6 is 0 Å². The zero-order chi connectivity index (χ0) is 16.7. The Balaban J connectivity index is 1.70. The lowest BCUT2D eigenvalue weighted by atomic mass is 9.95. The summed E-state index contributed by atoms with van der Waals surface area (Å²) in [6.07, 6.45) is 4.81. The summed E-state index contributed by atoms with van der Waals surface area (Å²) in [6.45, 7) is 0.595. The molecule has 5 heteroatoms. The second kappa shape index (κ2) is 5.82. The van der Waals surface area contributed by atoms with Crippen LogP contribution in [0.15, 0.2) is 29.1 Å². The zero-order valence-electron chi connectivity index (χ0n) is 13.7. The molecule has 24 heavy (non-hydrogen) atoms. The fourth-order valence-corrected chi connectivity index (χ4v) is 3.70. The summed E-state index contributed by atoms with van der Waals surface area (Å²) >= 11 is 0. The number of carbonyl (C=O) groups is 1. The molecule has 1 amide bonds. The first kappa shape index (κ1) is 15.0. The summed E-state index contributed by atoms with van der Waals surface area (Å²) in [7, 11) is 1.63. The molecular weight excluding hydrogens is 304 g/mol. The molecule has 1 aliphatic carbocycles. The second-order valence-corrected chi connectivity index (χ2v) is 6.42. The van der Waals surface area contributed by atoms with E-state index in [-0.39, 0.29) is 17.0 Å². The minimum atomic E-state index is -0.275. The van der Waals surface area contributed by atoms with Gasteiger partial charge in [0, 0.05) is 17.9 Å². The SMILES string of the molecule is COc1ccc2c(c1)CCN2C(=O)c1cc2c([nH]c1=O)CCCC2. The van der Waals surface area contributed by atoms with Crippen LogP contribution in [0.1, 0.15) is 40.0 Å². The Labute approximate surface area is 140 Å². The van der Waals surface area contributed by atoms with Crippen molar-refractivity contribution in [3.05, 3.63) is 57.0 Å². The van der Waals surface area contributed by atoms with Crippen molar-refractivity contribution < 1.29 is 9.53 Å². The highest BCUT2D eigenvalue weighted by Crippen LogP contribution is 2.32. The van der Waals surface area contributed by atoms with Crippen LogP contribution in [0.25, 0.3) is 0 Å². The van der Waals surface area contributed by atoms with E-state index >= 15 is 0 Å². The molecular formula is C19H20N2O3. The third-order valence-electron chi connectivity index (χ3n) is 5.00. The number of benzene rings is 1. The van der Waals surface area contributed by atoms with E-state index in [9.17, 15) is 9.59 Å². The van der Waals surface area contributed by atoms with E-state index < -0.39 is 0 Å². The van der Waals surface area contributed by atoms with E-state index in [0.29, 0.717) is 6.54 Å². The molecule has 0 spiro atoms. The van der Waals surface area contributed by atoms with Gasteiger partial charge in [0.1, 0.15) is 11.3 Å². The highest BCUT2D eigenvalue weighted by Gasteiger charge is 2.28. The summed E-state index contributed by atoms with van der Waals surface area (Å²) in [5, 5.41) is 0. The summed E-state index contributed by atoms with van der Waals surface area (Å²) in [6, 6.07) is 7.50. The van der Waals surface area contributed by atoms with Gasteiger partial charge < -0.3 is 14.6 Å². The van der Waals surface area contributed by atoms with E-state index in [1.807, 2.05) is 18.2 Å². The predicted octanol–water partition coefficient (Wildman–Crippen LogP) is 2.47. The van der Waals surface area contributed by atoms with Gasteiger partial charge in [-0.05, 0) is 67.5 Å². The van der Waals surface area contributed by atoms with Crippen LogP contribution in [0.2, 0.25) is 0 Å². The molecule has 2 aromatic rings. The monoisotopic (exact) mass is 324 g/mol. The molecule has 124 valence electrons. The number of ether oxygens (including phenoxy) is 1. The molecule has 0 saturated carbocycles. The van der Waals surface area contributed by atoms with Gasteiger partial charge in [0.2, 0.25) is 0 Å². The van der Waals surface area contributed by atoms with Crippen molar-refractivity contribution in [1.82, 2.24) is 4.98 Å². The number of pyridine rings is 1. The van der Waals surface area contributed by atoms with Crippen molar-refractivity contribution in [2.75, 3.05) is 18.6 Å². The van der Waals surface area contributed by atoms with Crippen LogP contribution in [-0.2, 0) is 19.3 Å². The highest BCUT2D eigenvalue weighted by atomic mass is 16.5. The lowest BCUT2D eigenvalue weighted by Crippen LogP contribution is -2.34. The number of methoxy groups -OCH3 is 1. The van der Waals surface area contributed by atoms with Gasteiger partial charge in [-0.15, -0.1) is 0 Å². The van der Waals surface area contributed by atoms with Crippen molar-refractivity contribution in [2.24, 2.45) is 0 Å². The smallest absolute Gasteiger partial charge is 0.263 e. The first-order chi connectivity index (χ1) is 11.7. The van der Waals surface area contributed by atoms with Crippen LogP contribution in [-0.4, -0.2) is 24.5 Å². The van der Waals surface area contributed by atoms with Gasteiger partial charge in [0.05, 0.1) is 7.11 Å². The Bertz CT molecular complexity index is 869. The molecule has 4 rings (SSSR count). The van der Waals surface area contributed by atoms with Gasteiger partial charge in [-0.25, -0.2) is 0 Å². The number of carbonyl (C=O) groups excluding carboxylic acids is 1. The summed E-state index contributed by atoms with van der Waals surface area (Å²) in [4.78, 5) is 29.9. The number of anilines is 1. The summed E-state index contributed by atoms with van der Waals surface area (Å²) in [5.41, 5.74) is 4.03. The van der Waals surface area contributed by atoms with Gasteiger partial charge in [-0.3, -0.25) is 9.59 Å². The number of aromatic amines is 1. The molecule has 0 saturated heterocycles. The maximum atomic E-state index is 12.9. The maximum absolute atomic E-state index is 12.9. The van der Waals surface area contributed by atoms with E-state index in [4.69, 9.17) is 4.74 Å². The second-order valence-electron chi connectivity index (χ2n) is 6.42. The first-order valence-corrected chi connectivity index (χ1v) is 8.41. The van der Waals surface area contributed by atoms with Gasteiger partial charge in [0.25, 0.3) is 11.5 Å². The number of hydrogen-bond donors (Lipinski definition) is 1. The minimum Gasteiger partial charge on any atom is -0.497 e. The Morgan fingerprint density at radius 3 is 2.79 bits per heavy atom. The number of fused-ring (bicyclic) bond motifs is 2. The Kier molecular flexibility index (Phi) is 3.63. The van der Waals surface area contributed by atoms with E-state index in [0.717, 1.165) is 60.4 Å². The molecule has 2 heterocycles. The number of rotatable bonds is 2. The largest absolute Gasteiger partial charge is 0.497 e. The van der Waals surface area contributed by atoms with Crippen LogP contribution in [0.4, 0.5) is 5.69 Å². The lowest BCUT2D eigenvalue weighted by molar-refractivity contribution is 0.0987. The molecule has 5 nitrogen and oxygen atoms in total. The van der Waals surface area contributed by atoms with Crippen molar-refractivity contribution >= 4 is 11.6 Å². The number of H-pyrrole nitrogens is 1. The maximum Gasteiger partial charge on any atom is 0.263 e. The number of amides is 1. The highest BCUT2D eigenvalue weighted by molar-refractivity contribution is 6.07. The zero-order valence-corrected chi connectivity index (χ0v) is 13.7. The molecule has 2 aliphatic rings. The Morgan fingerprint density at radius 1 is 1.12 bits per heavy atom. The van der Waals surface area contributed by atoms with Gasteiger partial charge in [-0.2, -0.15) is 0 Å². The minimum absolute atomic E-state index is 0.214. The van der Waals surface area contributed by atoms with Crippen LogP contribution in [0.3, 0.4) is 0 Å². The van der Waals surface area contributed by atoms with Crippen molar-refractivity contribution in [3.63, 3.8) is 0 Å². The molecule has 1 N–H and O–H groups in total. The average Bonchev–Trinajstić information content (AvgIpc) is 3.03. The standard InChI is InChI=1S/C19H20N2O3/c1-24-14-6-7-17-13(10-14)8-9-21(17)19(23)15-11-12-4-2-3-5-16(12)20-18(15)22/h6-7,10-11H,2-5,8-9H2,1H3,(H,20,22). The summed E-state index contributed by atoms with van der Waals surface area (Å²) in [5.74, 6) is 0.572. The average molecular weight is 324 g/mol. The fourth-order valence-electron chi connectivity index (χ4n) is 3.70. The van der Waals surface area contributed by atoms with Gasteiger partial charge in [0.15, 0.2) is 0 Å². The molecule has 0 unspecified atom stereocenters. The molecule has 0 bridgehead atoms. The fraction of sp³-hybridized carbons (Fsp3) is 0.368. The molecule has 1 aliphatic heterocycles. The topological polar surface area (TPSA) is 62.4 Å². The quantitative estimate of drug-likeness (QED) is 0.923. The number of aromatic nitrogens is 1. The van der Waals surface area contributed by atoms with Gasteiger partial charge in [-0.1, -0.05) is 0 Å². The third-order valence-corrected chi connectivity index (χ3v) is 5.00. The molecule has 1 aromatic heterocycles. The van der Waals surface area contributed by atoms with E-state index in [2.05, 4.69) is 4.98 Å². The first-order valence-electron chi connectivity index (χ1n) is 8.41. The van der Waals surface area contributed by atoms with E-state index in [1.54, 1.807) is 18.1 Å². The molecule has 0 atom stereocenters. The normalized spacial score (nSPS) is 15.8. The van der Waals surface area contributed by atoms with Crippen LogP contribution in [0.5, 0.6) is 5.75 Å². The van der Waals surface area contributed by atoms with Gasteiger partial charge >= 0.3 is 0 Å².